The minimum Gasteiger partial charge on any atom is -1.00 e. The predicted octanol–water partition coefficient (Wildman–Crippen LogP) is -5.48. The van der Waals surface area contributed by atoms with Gasteiger partial charge in [-0.05, 0) is 0 Å². The van der Waals surface area contributed by atoms with Gasteiger partial charge >= 0.3 is 0 Å². The van der Waals surface area contributed by atoms with E-state index in [0.717, 1.165) is 87.5 Å². The third-order valence-electron chi connectivity index (χ3n) is 7.33. The van der Waals surface area contributed by atoms with Crippen LogP contribution in [0.5, 0.6) is 0 Å². The third kappa shape index (κ3) is 11.0. The van der Waals surface area contributed by atoms with Gasteiger partial charge in [0.05, 0.1) is 52.4 Å². The van der Waals surface area contributed by atoms with E-state index in [1.54, 1.807) is 0 Å². The molecule has 2 spiro atoms. The maximum absolute atomic E-state index is 12.4. The van der Waals surface area contributed by atoms with Crippen LogP contribution < -0.4 is 36.3 Å². The quantitative estimate of drug-likeness (QED) is 0.123. The molecule has 6 N–H and O–H groups in total. The number of nitrogens with zero attached hydrogens (tertiary/aromatic N) is 4. The van der Waals surface area contributed by atoms with Crippen molar-refractivity contribution in [3.63, 3.8) is 0 Å². The van der Waals surface area contributed by atoms with Crippen LogP contribution in [0.3, 0.4) is 0 Å². The van der Waals surface area contributed by atoms with Crippen LogP contribution in [0.2, 0.25) is 0 Å². The van der Waals surface area contributed by atoms with E-state index in [0.29, 0.717) is 24.3 Å². The molecule has 3 aliphatic rings. The van der Waals surface area contributed by atoms with Crippen molar-refractivity contribution in [1.29, 1.82) is 10.8 Å². The fourth-order valence-electron chi connectivity index (χ4n) is 5.06. The summed E-state index contributed by atoms with van der Waals surface area (Å²) < 4.78 is 2.24. The smallest absolute Gasteiger partial charge is 0.223 e. The number of carbonyl (C=O) groups is 2. The molecule has 0 aliphatic carbocycles. The summed E-state index contributed by atoms with van der Waals surface area (Å²) in [6, 6.07) is 0. The zero-order valence-electron chi connectivity index (χ0n) is 20.5. The van der Waals surface area contributed by atoms with Crippen LogP contribution in [-0.2, 0) is 9.59 Å². The maximum atomic E-state index is 12.4. The second-order valence-electron chi connectivity index (χ2n) is 9.16. The summed E-state index contributed by atoms with van der Waals surface area (Å²) in [5.41, 5.74) is 10.7. The summed E-state index contributed by atoms with van der Waals surface area (Å²) in [7, 11) is 0. The Labute approximate surface area is 256 Å². The Morgan fingerprint density at radius 3 is 1.17 bits per heavy atom. The molecule has 10 nitrogen and oxygen atoms in total. The summed E-state index contributed by atoms with van der Waals surface area (Å²) >= 11 is 2.47. The molecule has 0 aromatic carbocycles. The Kier molecular flexibility index (Phi) is 18.7. The van der Waals surface area contributed by atoms with E-state index in [1.807, 2.05) is 9.80 Å². The van der Waals surface area contributed by atoms with Crippen LogP contribution in [-0.4, -0.2) is 131 Å². The molecule has 0 aromatic heterocycles. The molecule has 2 amide bonds. The van der Waals surface area contributed by atoms with Crippen molar-refractivity contribution in [2.75, 3.05) is 90.0 Å². The Balaban J connectivity index is 0. The second-order valence-corrected chi connectivity index (χ2v) is 11.4. The number of nitrogens with one attached hydrogen (secondary N) is 2. The lowest BCUT2D eigenvalue weighted by Crippen LogP contribution is -3.00. The molecular formula is C20H40Br2Cl2N8O2S2. The van der Waals surface area contributed by atoms with Gasteiger partial charge in [-0.1, -0.05) is 23.5 Å². The molecule has 36 heavy (non-hydrogen) atoms. The van der Waals surface area contributed by atoms with E-state index >= 15 is 0 Å². The van der Waals surface area contributed by atoms with Crippen LogP contribution in [0, 0.1) is 10.8 Å². The van der Waals surface area contributed by atoms with Gasteiger partial charge in [0.2, 0.25) is 11.8 Å². The van der Waals surface area contributed by atoms with Crippen molar-refractivity contribution in [3.8, 4) is 0 Å². The first-order valence-corrected chi connectivity index (χ1v) is 13.4. The summed E-state index contributed by atoms with van der Waals surface area (Å²) in [5.74, 6) is 1.53. The number of thioether (sulfide) groups is 2. The summed E-state index contributed by atoms with van der Waals surface area (Å²) in [6.45, 7) is 12.1. The van der Waals surface area contributed by atoms with Crippen LogP contribution in [0.4, 0.5) is 0 Å². The SMILES string of the molecule is Br.Br.N=C(N)SCCC(=O)N1CC[N+]2(CC1)CC[N+]1(CCN(C(=O)CCSC(=N)N)CC1)CC2.[Cl-].[Cl-]. The normalized spacial score (nSPS) is 19.7. The lowest BCUT2D eigenvalue weighted by atomic mass is 10.1. The van der Waals surface area contributed by atoms with Crippen molar-refractivity contribution in [2.45, 2.75) is 12.8 Å². The van der Waals surface area contributed by atoms with Gasteiger partial charge in [0.25, 0.3) is 0 Å². The van der Waals surface area contributed by atoms with E-state index in [1.165, 1.54) is 23.5 Å². The minimum absolute atomic E-state index is 0. The molecule has 3 aliphatic heterocycles. The zero-order valence-corrected chi connectivity index (χ0v) is 27.0. The van der Waals surface area contributed by atoms with Crippen LogP contribution in [0.25, 0.3) is 0 Å². The Bertz CT molecular complexity index is 669. The van der Waals surface area contributed by atoms with Gasteiger partial charge in [-0.2, -0.15) is 0 Å². The number of amides is 2. The Morgan fingerprint density at radius 1 is 0.639 bits per heavy atom. The van der Waals surface area contributed by atoms with Gasteiger partial charge < -0.3 is 55.0 Å². The predicted molar refractivity (Wildman–Crippen MR) is 151 cm³/mol. The molecule has 0 aromatic rings. The van der Waals surface area contributed by atoms with E-state index in [4.69, 9.17) is 22.3 Å². The van der Waals surface area contributed by atoms with Crippen molar-refractivity contribution in [3.05, 3.63) is 0 Å². The molecule has 3 fully saturated rings. The summed E-state index contributed by atoms with van der Waals surface area (Å²) in [5, 5.41) is 14.6. The van der Waals surface area contributed by atoms with Crippen molar-refractivity contribution in [2.24, 2.45) is 11.5 Å². The first-order chi connectivity index (χ1) is 15.2. The Hall–Kier alpha value is 0.0400. The first kappa shape index (κ1) is 38.2. The van der Waals surface area contributed by atoms with Crippen LogP contribution >= 0.6 is 57.5 Å². The van der Waals surface area contributed by atoms with Gasteiger partial charge in [-0.15, -0.1) is 34.0 Å². The summed E-state index contributed by atoms with van der Waals surface area (Å²) in [4.78, 5) is 28.8. The van der Waals surface area contributed by atoms with E-state index < -0.39 is 0 Å². The number of carbonyl (C=O) groups excluding carboxylic acids is 2. The molecule has 212 valence electrons. The highest BCUT2D eigenvalue weighted by molar-refractivity contribution is 8.93. The first-order valence-electron chi connectivity index (χ1n) is 11.4. The van der Waals surface area contributed by atoms with Gasteiger partial charge in [0.15, 0.2) is 10.3 Å². The van der Waals surface area contributed by atoms with Crippen molar-refractivity contribution < 1.29 is 43.4 Å². The van der Waals surface area contributed by atoms with Crippen molar-refractivity contribution >= 4 is 79.6 Å². The lowest BCUT2D eigenvalue weighted by Gasteiger charge is -2.54. The molecular weight excluding hydrogens is 679 g/mol. The van der Waals surface area contributed by atoms with E-state index in [2.05, 4.69) is 0 Å². The fraction of sp³-hybridized carbons (Fsp3) is 0.800. The van der Waals surface area contributed by atoms with Gasteiger partial charge in [-0.25, -0.2) is 0 Å². The molecule has 3 saturated heterocycles. The average Bonchev–Trinajstić information content (AvgIpc) is 2.76. The highest BCUT2D eigenvalue weighted by Gasteiger charge is 2.45. The monoisotopic (exact) mass is 716 g/mol. The number of quaternary nitrogens is 2. The van der Waals surface area contributed by atoms with Gasteiger partial charge in [0.1, 0.15) is 26.2 Å². The molecule has 0 atom stereocenters. The maximum Gasteiger partial charge on any atom is 0.223 e. The number of amidine groups is 2. The molecule has 0 unspecified atom stereocenters. The van der Waals surface area contributed by atoms with Crippen molar-refractivity contribution in [1.82, 2.24) is 9.80 Å². The standard InChI is InChI=1S/C20H38N8O2S2.2BrH.2ClH/c21-19(22)31-15-1-17(29)25-3-7-27(8-4-25)11-13-28(14-12-27)9-5-26(6-10-28)18(30)2-16-32-20(23)24;;;;/h1-16H2,(H3,21,22)(H3,23,24);4*1H/q+2;;;;/p-2. The molecule has 3 rings (SSSR count). The highest BCUT2D eigenvalue weighted by Crippen LogP contribution is 2.24. The average molecular weight is 719 g/mol. The number of piperazine rings is 3. The highest BCUT2D eigenvalue weighted by atomic mass is 79.9. The second kappa shape index (κ2) is 17.6. The van der Waals surface area contributed by atoms with E-state index in [9.17, 15) is 9.59 Å². The van der Waals surface area contributed by atoms with Gasteiger partial charge in [0, 0.05) is 24.3 Å². The fourth-order valence-corrected chi connectivity index (χ4v) is 6.05. The molecule has 0 saturated carbocycles. The minimum atomic E-state index is 0. The number of hydrogen-bond acceptors (Lipinski definition) is 6. The molecule has 0 radical (unpaired) electrons. The summed E-state index contributed by atoms with van der Waals surface area (Å²) in [6.07, 6.45) is 0.903. The molecule has 16 heteroatoms. The van der Waals surface area contributed by atoms with Gasteiger partial charge in [-0.3, -0.25) is 20.4 Å². The zero-order chi connectivity index (χ0) is 23.2. The molecule has 3 heterocycles. The lowest BCUT2D eigenvalue weighted by molar-refractivity contribution is -1.03. The Morgan fingerprint density at radius 2 is 0.917 bits per heavy atom. The number of rotatable bonds is 6. The molecule has 0 bridgehead atoms. The number of nitrogens with two attached hydrogens (primary N) is 2. The van der Waals surface area contributed by atoms with Crippen LogP contribution in [0.1, 0.15) is 12.8 Å². The number of hydrogen-bond donors (Lipinski definition) is 4. The topological polar surface area (TPSA) is 140 Å². The third-order valence-corrected chi connectivity index (χ3v) is 8.77. The number of halogens is 4. The largest absolute Gasteiger partial charge is 1.00 e. The van der Waals surface area contributed by atoms with Crippen LogP contribution in [0.15, 0.2) is 0 Å². The van der Waals surface area contributed by atoms with E-state index in [-0.39, 0.29) is 80.9 Å².